The lowest BCUT2D eigenvalue weighted by atomic mass is 10.1. The van der Waals surface area contributed by atoms with Crippen LogP contribution in [0.15, 0.2) is 0 Å². The summed E-state index contributed by atoms with van der Waals surface area (Å²) in [6.07, 6.45) is 1.30. The van der Waals surface area contributed by atoms with Gasteiger partial charge in [-0.05, 0) is 26.7 Å². The highest BCUT2D eigenvalue weighted by molar-refractivity contribution is 5.74. The summed E-state index contributed by atoms with van der Waals surface area (Å²) in [5.74, 6) is 0. The maximum absolute atomic E-state index is 11.7. The first-order valence-corrected chi connectivity index (χ1v) is 6.51. The molecule has 1 heterocycles. The zero-order valence-electron chi connectivity index (χ0n) is 11.4. The van der Waals surface area contributed by atoms with Gasteiger partial charge in [0.15, 0.2) is 0 Å². The molecular formula is C12H23N3O3. The Kier molecular flexibility index (Phi) is 5.74. The van der Waals surface area contributed by atoms with Crippen LogP contribution in [-0.4, -0.2) is 61.3 Å². The van der Waals surface area contributed by atoms with E-state index in [1.54, 1.807) is 23.8 Å². The van der Waals surface area contributed by atoms with Crippen LogP contribution < -0.4 is 5.32 Å². The van der Waals surface area contributed by atoms with E-state index in [2.05, 4.69) is 5.32 Å². The van der Waals surface area contributed by atoms with E-state index in [4.69, 9.17) is 4.74 Å². The highest BCUT2D eigenvalue weighted by Crippen LogP contribution is 2.11. The van der Waals surface area contributed by atoms with Crippen molar-refractivity contribution in [1.82, 2.24) is 15.1 Å². The third kappa shape index (κ3) is 4.09. The number of nitrogens with zero attached hydrogens (tertiary/aromatic N) is 2. The molecule has 6 nitrogen and oxygen atoms in total. The minimum absolute atomic E-state index is 0.0490. The Morgan fingerprint density at radius 3 is 2.44 bits per heavy atom. The zero-order valence-corrected chi connectivity index (χ0v) is 11.4. The minimum Gasteiger partial charge on any atom is -0.450 e. The first-order chi connectivity index (χ1) is 8.58. The Balaban J connectivity index is 2.31. The van der Waals surface area contributed by atoms with Gasteiger partial charge in [0.1, 0.15) is 0 Å². The fourth-order valence-corrected chi connectivity index (χ4v) is 1.85. The first-order valence-electron chi connectivity index (χ1n) is 6.51. The summed E-state index contributed by atoms with van der Waals surface area (Å²) in [6, 6.07) is 0.101. The standard InChI is InChI=1S/C12H23N3O3/c1-4-14(3)11(16)13-10-6-8-15(9-7-10)12(17)18-5-2/h10H,4-9H2,1-3H3,(H,13,16). The summed E-state index contributed by atoms with van der Waals surface area (Å²) in [5, 5.41) is 2.97. The maximum Gasteiger partial charge on any atom is 0.409 e. The number of rotatable bonds is 3. The Morgan fingerprint density at radius 1 is 1.33 bits per heavy atom. The fraction of sp³-hybridized carbons (Fsp3) is 0.833. The number of urea groups is 1. The molecular weight excluding hydrogens is 234 g/mol. The van der Waals surface area contributed by atoms with Gasteiger partial charge in [0.2, 0.25) is 0 Å². The quantitative estimate of drug-likeness (QED) is 0.828. The monoisotopic (exact) mass is 257 g/mol. The molecule has 0 spiro atoms. The molecule has 0 atom stereocenters. The third-order valence-electron chi connectivity index (χ3n) is 3.17. The van der Waals surface area contributed by atoms with Gasteiger partial charge >= 0.3 is 12.1 Å². The van der Waals surface area contributed by atoms with Crippen molar-refractivity contribution in [2.75, 3.05) is 33.3 Å². The lowest BCUT2D eigenvalue weighted by Crippen LogP contribution is -2.49. The lowest BCUT2D eigenvalue weighted by molar-refractivity contribution is 0.0953. The number of hydrogen-bond donors (Lipinski definition) is 1. The number of piperidine rings is 1. The average Bonchev–Trinajstić information content (AvgIpc) is 2.38. The number of carbonyl (C=O) groups excluding carboxylic acids is 2. The SMILES string of the molecule is CCOC(=O)N1CCC(NC(=O)N(C)CC)CC1. The van der Waals surface area contributed by atoms with Crippen LogP contribution >= 0.6 is 0 Å². The van der Waals surface area contributed by atoms with Gasteiger partial charge in [-0.3, -0.25) is 0 Å². The number of carbonyl (C=O) groups is 2. The molecule has 6 heteroatoms. The van der Waals surface area contributed by atoms with Crippen LogP contribution in [0, 0.1) is 0 Å². The molecule has 0 bridgehead atoms. The highest BCUT2D eigenvalue weighted by atomic mass is 16.6. The van der Waals surface area contributed by atoms with Crippen LogP contribution in [0.3, 0.4) is 0 Å². The minimum atomic E-state index is -0.257. The van der Waals surface area contributed by atoms with Gasteiger partial charge in [0.25, 0.3) is 0 Å². The predicted molar refractivity (Wildman–Crippen MR) is 68.5 cm³/mol. The summed E-state index contributed by atoms with van der Waals surface area (Å²) in [4.78, 5) is 26.5. The van der Waals surface area contributed by atoms with Gasteiger partial charge in [-0.1, -0.05) is 0 Å². The van der Waals surface area contributed by atoms with Crippen molar-refractivity contribution in [3.63, 3.8) is 0 Å². The van der Waals surface area contributed by atoms with Crippen LogP contribution in [0.1, 0.15) is 26.7 Å². The van der Waals surface area contributed by atoms with E-state index in [1.165, 1.54) is 0 Å². The molecule has 18 heavy (non-hydrogen) atoms. The van der Waals surface area contributed by atoms with Crippen LogP contribution in [0.4, 0.5) is 9.59 Å². The number of hydrogen-bond acceptors (Lipinski definition) is 3. The van der Waals surface area contributed by atoms with E-state index in [0.717, 1.165) is 12.8 Å². The molecule has 1 aliphatic heterocycles. The van der Waals surface area contributed by atoms with Crippen molar-refractivity contribution < 1.29 is 14.3 Å². The summed E-state index contributed by atoms with van der Waals surface area (Å²) < 4.78 is 4.94. The van der Waals surface area contributed by atoms with Crippen LogP contribution in [0.2, 0.25) is 0 Å². The van der Waals surface area contributed by atoms with Gasteiger partial charge in [0, 0.05) is 32.7 Å². The molecule has 0 aromatic rings. The molecule has 0 aromatic heterocycles. The molecule has 0 aromatic carbocycles. The molecule has 0 unspecified atom stereocenters. The number of amides is 3. The van der Waals surface area contributed by atoms with Crippen LogP contribution in [0.25, 0.3) is 0 Å². The van der Waals surface area contributed by atoms with Crippen molar-refractivity contribution in [2.45, 2.75) is 32.7 Å². The van der Waals surface area contributed by atoms with Gasteiger partial charge in [-0.25, -0.2) is 9.59 Å². The first kappa shape index (κ1) is 14.6. The molecule has 1 saturated heterocycles. The van der Waals surface area contributed by atoms with Gasteiger partial charge in [-0.2, -0.15) is 0 Å². The van der Waals surface area contributed by atoms with Crippen molar-refractivity contribution in [3.05, 3.63) is 0 Å². The van der Waals surface area contributed by atoms with E-state index >= 15 is 0 Å². The second-order valence-corrected chi connectivity index (χ2v) is 4.42. The fourth-order valence-electron chi connectivity index (χ4n) is 1.85. The van der Waals surface area contributed by atoms with Crippen LogP contribution in [0.5, 0.6) is 0 Å². The Labute approximate surface area is 108 Å². The van der Waals surface area contributed by atoms with E-state index in [1.807, 2.05) is 6.92 Å². The smallest absolute Gasteiger partial charge is 0.409 e. The lowest BCUT2D eigenvalue weighted by Gasteiger charge is -2.32. The highest BCUT2D eigenvalue weighted by Gasteiger charge is 2.24. The molecule has 0 radical (unpaired) electrons. The topological polar surface area (TPSA) is 61.9 Å². The van der Waals surface area contributed by atoms with Crippen LogP contribution in [-0.2, 0) is 4.74 Å². The number of nitrogens with one attached hydrogen (secondary N) is 1. The normalized spacial score (nSPS) is 16.3. The van der Waals surface area contributed by atoms with Gasteiger partial charge in [-0.15, -0.1) is 0 Å². The average molecular weight is 257 g/mol. The summed E-state index contributed by atoms with van der Waals surface area (Å²) >= 11 is 0. The molecule has 0 saturated carbocycles. The zero-order chi connectivity index (χ0) is 13.5. The van der Waals surface area contributed by atoms with Crippen molar-refractivity contribution in [2.24, 2.45) is 0 Å². The molecule has 3 amide bonds. The molecule has 1 N–H and O–H groups in total. The summed E-state index contributed by atoms with van der Waals surface area (Å²) in [6.45, 7) is 6.10. The predicted octanol–water partition coefficient (Wildman–Crippen LogP) is 1.27. The second kappa shape index (κ2) is 7.08. The summed E-state index contributed by atoms with van der Waals surface area (Å²) in [7, 11) is 1.77. The van der Waals surface area contributed by atoms with E-state index in [-0.39, 0.29) is 18.2 Å². The van der Waals surface area contributed by atoms with Crippen molar-refractivity contribution >= 4 is 12.1 Å². The largest absolute Gasteiger partial charge is 0.450 e. The van der Waals surface area contributed by atoms with E-state index < -0.39 is 0 Å². The molecule has 1 fully saturated rings. The van der Waals surface area contributed by atoms with E-state index in [9.17, 15) is 9.59 Å². The van der Waals surface area contributed by atoms with Gasteiger partial charge < -0.3 is 19.9 Å². The second-order valence-electron chi connectivity index (χ2n) is 4.42. The third-order valence-corrected chi connectivity index (χ3v) is 3.17. The molecule has 1 rings (SSSR count). The molecule has 1 aliphatic rings. The Hall–Kier alpha value is -1.46. The van der Waals surface area contributed by atoms with Crippen molar-refractivity contribution in [3.8, 4) is 0 Å². The van der Waals surface area contributed by atoms with Gasteiger partial charge in [0.05, 0.1) is 6.61 Å². The Morgan fingerprint density at radius 2 is 1.94 bits per heavy atom. The molecule has 104 valence electrons. The van der Waals surface area contributed by atoms with E-state index in [0.29, 0.717) is 26.2 Å². The van der Waals surface area contributed by atoms with Crippen molar-refractivity contribution in [1.29, 1.82) is 0 Å². The number of likely N-dealkylation sites (tertiary alicyclic amines) is 1. The maximum atomic E-state index is 11.7. The Bertz CT molecular complexity index is 288. The number of ether oxygens (including phenoxy) is 1. The molecule has 0 aliphatic carbocycles. The summed E-state index contributed by atoms with van der Waals surface area (Å²) in [5.41, 5.74) is 0.